The van der Waals surface area contributed by atoms with Gasteiger partial charge in [0.1, 0.15) is 12.2 Å². The molecule has 0 aliphatic carbocycles. The van der Waals surface area contributed by atoms with Crippen molar-refractivity contribution < 1.29 is 18.9 Å². The van der Waals surface area contributed by atoms with Crippen LogP contribution in [0.2, 0.25) is 0 Å². The van der Waals surface area contributed by atoms with E-state index >= 15 is 0 Å². The molecule has 0 spiro atoms. The number of ether oxygens (including phenoxy) is 4. The summed E-state index contributed by atoms with van der Waals surface area (Å²) in [6, 6.07) is 9.56. The van der Waals surface area contributed by atoms with Gasteiger partial charge in [0, 0.05) is 13.5 Å². The molecular weight excluding hydrogens is 258 g/mol. The minimum absolute atomic E-state index is 0.0226. The molecule has 4 atom stereocenters. The number of rotatable bonds is 4. The molecule has 2 bridgehead atoms. The summed E-state index contributed by atoms with van der Waals surface area (Å²) in [7, 11) is 1.66. The molecule has 2 saturated heterocycles. The van der Waals surface area contributed by atoms with E-state index in [0.717, 1.165) is 12.0 Å². The second-order valence-corrected chi connectivity index (χ2v) is 5.05. The number of fused-ring (bicyclic) bond motifs is 2. The van der Waals surface area contributed by atoms with Crippen molar-refractivity contribution in [2.75, 3.05) is 13.7 Å². The van der Waals surface area contributed by atoms with Crippen LogP contribution in [0.3, 0.4) is 0 Å². The molecular formula is C15H17NO4. The smallest absolute Gasteiger partial charge is 0.184 e. The normalized spacial score (nSPS) is 32.0. The predicted molar refractivity (Wildman–Crippen MR) is 69.8 cm³/mol. The lowest BCUT2D eigenvalue weighted by Gasteiger charge is -2.32. The molecule has 5 heteroatoms. The van der Waals surface area contributed by atoms with E-state index in [-0.39, 0.29) is 24.6 Å². The molecule has 20 heavy (non-hydrogen) atoms. The second kappa shape index (κ2) is 5.90. The van der Waals surface area contributed by atoms with Gasteiger partial charge < -0.3 is 18.9 Å². The summed E-state index contributed by atoms with van der Waals surface area (Å²) in [4.78, 5) is 0. The molecule has 106 valence electrons. The van der Waals surface area contributed by atoms with E-state index in [1.165, 1.54) is 0 Å². The first-order chi connectivity index (χ1) is 9.80. The second-order valence-electron chi connectivity index (χ2n) is 5.05. The van der Waals surface area contributed by atoms with Crippen molar-refractivity contribution in [1.82, 2.24) is 0 Å². The number of benzene rings is 1. The van der Waals surface area contributed by atoms with E-state index < -0.39 is 0 Å². The fraction of sp³-hybridized carbons (Fsp3) is 0.533. The van der Waals surface area contributed by atoms with Crippen LogP contribution >= 0.6 is 0 Å². The van der Waals surface area contributed by atoms with Crippen LogP contribution in [0.1, 0.15) is 17.5 Å². The van der Waals surface area contributed by atoms with Crippen LogP contribution in [0.15, 0.2) is 24.3 Å². The van der Waals surface area contributed by atoms with Gasteiger partial charge in [-0.05, 0) is 17.7 Å². The third kappa shape index (κ3) is 2.69. The van der Waals surface area contributed by atoms with Crippen molar-refractivity contribution >= 4 is 0 Å². The first-order valence-corrected chi connectivity index (χ1v) is 6.70. The first kappa shape index (κ1) is 13.5. The van der Waals surface area contributed by atoms with Crippen LogP contribution in [0.25, 0.3) is 0 Å². The average Bonchev–Trinajstić information content (AvgIpc) is 2.91. The van der Waals surface area contributed by atoms with Gasteiger partial charge in [-0.25, -0.2) is 0 Å². The Bertz CT molecular complexity index is 513. The molecule has 0 unspecified atom stereocenters. The van der Waals surface area contributed by atoms with Crippen LogP contribution in [-0.2, 0) is 25.6 Å². The molecule has 0 N–H and O–H groups in total. The van der Waals surface area contributed by atoms with E-state index in [1.807, 2.05) is 18.2 Å². The van der Waals surface area contributed by atoms with Crippen molar-refractivity contribution in [3.05, 3.63) is 35.4 Å². The maximum atomic E-state index is 8.89. The highest BCUT2D eigenvalue weighted by molar-refractivity contribution is 5.32. The molecule has 2 fully saturated rings. The Labute approximate surface area is 118 Å². The Hall–Kier alpha value is -1.45. The standard InChI is InChI=1S/C15H17NO4/c1-17-13-6-12(14-9-19-15(13)20-14)18-8-11-4-2-3-10(5-11)7-16/h2-5,12-15H,6,8-9H2,1H3/t12-,13+,14+,15+/m0/s1. The van der Waals surface area contributed by atoms with Crippen LogP contribution in [0, 0.1) is 11.3 Å². The van der Waals surface area contributed by atoms with Crippen molar-refractivity contribution in [3.8, 4) is 6.07 Å². The molecule has 0 radical (unpaired) electrons. The summed E-state index contributed by atoms with van der Waals surface area (Å²) in [6.45, 7) is 1.01. The third-order valence-corrected chi connectivity index (χ3v) is 3.74. The monoisotopic (exact) mass is 275 g/mol. The molecule has 2 aliphatic heterocycles. The Kier molecular flexibility index (Phi) is 3.99. The summed E-state index contributed by atoms with van der Waals surface area (Å²) in [5.41, 5.74) is 1.63. The quantitative estimate of drug-likeness (QED) is 0.835. The largest absolute Gasteiger partial charge is 0.376 e. The molecule has 2 heterocycles. The molecule has 2 aliphatic rings. The predicted octanol–water partition coefficient (Wildman–Crippen LogP) is 1.60. The summed E-state index contributed by atoms with van der Waals surface area (Å²) < 4.78 is 22.6. The fourth-order valence-corrected chi connectivity index (χ4v) is 2.64. The number of nitrogens with zero attached hydrogens (tertiary/aromatic N) is 1. The van der Waals surface area contributed by atoms with E-state index in [2.05, 4.69) is 6.07 Å². The Morgan fingerprint density at radius 3 is 3.10 bits per heavy atom. The van der Waals surface area contributed by atoms with Gasteiger partial charge >= 0.3 is 0 Å². The van der Waals surface area contributed by atoms with Gasteiger partial charge in [-0.3, -0.25) is 0 Å². The lowest BCUT2D eigenvalue weighted by atomic mass is 10.0. The minimum atomic E-state index is -0.258. The van der Waals surface area contributed by atoms with Crippen LogP contribution in [0.4, 0.5) is 0 Å². The van der Waals surface area contributed by atoms with Crippen molar-refractivity contribution in [2.24, 2.45) is 0 Å². The number of methoxy groups -OCH3 is 1. The van der Waals surface area contributed by atoms with Gasteiger partial charge in [0.15, 0.2) is 6.29 Å². The lowest BCUT2D eigenvalue weighted by molar-refractivity contribution is -0.200. The van der Waals surface area contributed by atoms with Gasteiger partial charge in [0.05, 0.1) is 31.0 Å². The average molecular weight is 275 g/mol. The Balaban J connectivity index is 1.61. The summed E-state index contributed by atoms with van der Waals surface area (Å²) in [5, 5.41) is 8.89. The third-order valence-electron chi connectivity index (χ3n) is 3.74. The molecule has 5 nitrogen and oxygen atoms in total. The lowest BCUT2D eigenvalue weighted by Crippen LogP contribution is -2.44. The zero-order valence-corrected chi connectivity index (χ0v) is 11.3. The van der Waals surface area contributed by atoms with Crippen LogP contribution in [-0.4, -0.2) is 38.3 Å². The van der Waals surface area contributed by atoms with E-state index in [0.29, 0.717) is 18.8 Å². The fourth-order valence-electron chi connectivity index (χ4n) is 2.64. The van der Waals surface area contributed by atoms with Crippen molar-refractivity contribution in [2.45, 2.75) is 37.6 Å². The molecule has 0 aromatic heterocycles. The van der Waals surface area contributed by atoms with Gasteiger partial charge in [0.25, 0.3) is 0 Å². The van der Waals surface area contributed by atoms with Gasteiger partial charge in [-0.1, -0.05) is 12.1 Å². The molecule has 0 amide bonds. The maximum Gasteiger partial charge on any atom is 0.184 e. The summed E-state index contributed by atoms with van der Waals surface area (Å²) >= 11 is 0. The highest BCUT2D eigenvalue weighted by Gasteiger charge is 2.44. The highest BCUT2D eigenvalue weighted by atomic mass is 16.7. The maximum absolute atomic E-state index is 8.89. The van der Waals surface area contributed by atoms with Gasteiger partial charge in [0.2, 0.25) is 0 Å². The molecule has 0 saturated carbocycles. The van der Waals surface area contributed by atoms with Gasteiger partial charge in [-0.15, -0.1) is 0 Å². The number of nitriles is 1. The van der Waals surface area contributed by atoms with E-state index in [9.17, 15) is 0 Å². The van der Waals surface area contributed by atoms with E-state index in [1.54, 1.807) is 13.2 Å². The van der Waals surface area contributed by atoms with Crippen LogP contribution < -0.4 is 0 Å². The molecule has 1 aromatic carbocycles. The Morgan fingerprint density at radius 1 is 1.40 bits per heavy atom. The zero-order chi connectivity index (χ0) is 13.9. The topological polar surface area (TPSA) is 60.7 Å². The highest BCUT2D eigenvalue weighted by Crippen LogP contribution is 2.31. The Morgan fingerprint density at radius 2 is 2.30 bits per heavy atom. The number of hydrogen-bond acceptors (Lipinski definition) is 5. The van der Waals surface area contributed by atoms with Gasteiger partial charge in [-0.2, -0.15) is 5.26 Å². The molecule has 3 rings (SSSR count). The van der Waals surface area contributed by atoms with Crippen molar-refractivity contribution in [1.29, 1.82) is 5.26 Å². The number of hydrogen-bond donors (Lipinski definition) is 0. The zero-order valence-electron chi connectivity index (χ0n) is 11.3. The van der Waals surface area contributed by atoms with E-state index in [4.69, 9.17) is 24.2 Å². The summed E-state index contributed by atoms with van der Waals surface area (Å²) in [5.74, 6) is 0. The minimum Gasteiger partial charge on any atom is -0.376 e. The van der Waals surface area contributed by atoms with Crippen LogP contribution in [0.5, 0.6) is 0 Å². The summed E-state index contributed by atoms with van der Waals surface area (Å²) in [6.07, 6.45) is 0.370. The van der Waals surface area contributed by atoms with Crippen molar-refractivity contribution in [3.63, 3.8) is 0 Å². The SMILES string of the molecule is CO[C@@H]1C[C@H](OCc2cccc(C#N)c2)[C@H]2CO[C@@H]1O2. The molecule has 1 aromatic rings. The first-order valence-electron chi connectivity index (χ1n) is 6.70.